The van der Waals surface area contributed by atoms with E-state index in [1.54, 1.807) is 0 Å². The molecule has 1 aromatic heterocycles. The maximum atomic E-state index is 5.57. The fourth-order valence-corrected chi connectivity index (χ4v) is 2.29. The van der Waals surface area contributed by atoms with Gasteiger partial charge < -0.3 is 10.3 Å². The molecule has 2 N–H and O–H groups in total. The summed E-state index contributed by atoms with van der Waals surface area (Å²) in [5, 5.41) is 3.96. The molecular weight excluding hydrogens is 301 g/mol. The molecule has 0 saturated carbocycles. The molecule has 6 nitrogen and oxygen atoms in total. The molecule has 1 fully saturated rings. The largest absolute Gasteiger partial charge is 0.338 e. The highest BCUT2D eigenvalue weighted by atomic mass is 35.5. The molecule has 8 heteroatoms. The average molecular weight is 326 g/mol. The Morgan fingerprint density at radius 1 is 1.25 bits per heavy atom. The molecule has 0 radical (unpaired) electrons. The van der Waals surface area contributed by atoms with Crippen LogP contribution in [-0.4, -0.2) is 59.2 Å². The third kappa shape index (κ3) is 4.86. The van der Waals surface area contributed by atoms with Crippen molar-refractivity contribution in [1.29, 1.82) is 0 Å². The third-order valence-electron chi connectivity index (χ3n) is 3.56. The Hall–Kier alpha value is -0.400. The van der Waals surface area contributed by atoms with Crippen LogP contribution >= 0.6 is 24.8 Å². The van der Waals surface area contributed by atoms with Crippen LogP contribution in [0.2, 0.25) is 0 Å². The number of hydrogen-bond acceptors (Lipinski definition) is 6. The van der Waals surface area contributed by atoms with Crippen molar-refractivity contribution in [2.75, 3.05) is 39.3 Å². The van der Waals surface area contributed by atoms with Crippen LogP contribution in [0.15, 0.2) is 4.52 Å². The van der Waals surface area contributed by atoms with Crippen molar-refractivity contribution in [2.45, 2.75) is 26.3 Å². The van der Waals surface area contributed by atoms with Gasteiger partial charge in [0.15, 0.2) is 5.82 Å². The number of nitrogens with zero attached hydrogens (tertiary/aromatic N) is 4. The first-order chi connectivity index (χ1) is 8.74. The van der Waals surface area contributed by atoms with E-state index in [0.717, 1.165) is 57.4 Å². The van der Waals surface area contributed by atoms with Gasteiger partial charge in [0.1, 0.15) is 0 Å². The molecule has 118 valence electrons. The van der Waals surface area contributed by atoms with Crippen molar-refractivity contribution >= 4 is 24.8 Å². The molecule has 1 saturated heterocycles. The van der Waals surface area contributed by atoms with E-state index in [2.05, 4.69) is 26.9 Å². The van der Waals surface area contributed by atoms with Gasteiger partial charge in [0.25, 0.3) is 0 Å². The first kappa shape index (κ1) is 19.6. The molecule has 0 spiro atoms. The van der Waals surface area contributed by atoms with Gasteiger partial charge in [-0.05, 0) is 6.92 Å². The van der Waals surface area contributed by atoms with Gasteiger partial charge in [-0.15, -0.1) is 24.8 Å². The third-order valence-corrected chi connectivity index (χ3v) is 3.56. The Morgan fingerprint density at radius 2 is 1.90 bits per heavy atom. The fourth-order valence-electron chi connectivity index (χ4n) is 2.29. The van der Waals surface area contributed by atoms with Gasteiger partial charge in [-0.2, -0.15) is 4.98 Å². The maximum absolute atomic E-state index is 5.57. The van der Waals surface area contributed by atoms with Crippen LogP contribution < -0.4 is 5.73 Å². The van der Waals surface area contributed by atoms with E-state index in [0.29, 0.717) is 0 Å². The first-order valence-corrected chi connectivity index (χ1v) is 6.73. The first-order valence-electron chi connectivity index (χ1n) is 6.73. The van der Waals surface area contributed by atoms with Crippen molar-refractivity contribution in [3.63, 3.8) is 0 Å². The summed E-state index contributed by atoms with van der Waals surface area (Å²) < 4.78 is 5.31. The van der Waals surface area contributed by atoms with E-state index < -0.39 is 0 Å². The molecule has 1 atom stereocenters. The van der Waals surface area contributed by atoms with Gasteiger partial charge in [0, 0.05) is 45.7 Å². The van der Waals surface area contributed by atoms with Crippen LogP contribution in [0.1, 0.15) is 31.6 Å². The summed E-state index contributed by atoms with van der Waals surface area (Å²) in [5.41, 5.74) is 5.57. The number of piperazine rings is 1. The number of aromatic nitrogens is 2. The van der Waals surface area contributed by atoms with Crippen LogP contribution in [-0.2, 0) is 6.42 Å². The zero-order chi connectivity index (χ0) is 13.0. The molecular formula is C12H25Cl2N5O. The molecule has 1 aliphatic rings. The lowest BCUT2D eigenvalue weighted by Crippen LogP contribution is -2.48. The minimum atomic E-state index is 0. The summed E-state index contributed by atoms with van der Waals surface area (Å²) in [4.78, 5) is 9.19. The van der Waals surface area contributed by atoms with E-state index in [4.69, 9.17) is 10.3 Å². The van der Waals surface area contributed by atoms with E-state index >= 15 is 0 Å². The van der Waals surface area contributed by atoms with Crippen LogP contribution in [0.4, 0.5) is 0 Å². The number of hydrogen-bond donors (Lipinski definition) is 1. The molecule has 20 heavy (non-hydrogen) atoms. The summed E-state index contributed by atoms with van der Waals surface area (Å²) in [6.45, 7) is 10.1. The molecule has 1 aromatic rings. The Bertz CT molecular complexity index is 368. The van der Waals surface area contributed by atoms with E-state index in [1.807, 2.05) is 6.92 Å². The molecule has 2 rings (SSSR count). The highest BCUT2D eigenvalue weighted by Crippen LogP contribution is 2.19. The minimum absolute atomic E-state index is 0. The van der Waals surface area contributed by atoms with Gasteiger partial charge in [-0.1, -0.05) is 12.1 Å². The number of nitrogens with two attached hydrogens (primary N) is 1. The lowest BCUT2D eigenvalue weighted by molar-refractivity contribution is 0.0901. The predicted octanol–water partition coefficient (Wildman–Crippen LogP) is 1.11. The summed E-state index contributed by atoms with van der Waals surface area (Å²) in [5.74, 6) is 1.53. The SMILES string of the molecule is CCc1noc(C(C)N2CCN(CCN)CC2)n1.Cl.Cl. The van der Waals surface area contributed by atoms with Crippen molar-refractivity contribution in [3.05, 3.63) is 11.7 Å². The van der Waals surface area contributed by atoms with Crippen molar-refractivity contribution in [3.8, 4) is 0 Å². The monoisotopic (exact) mass is 325 g/mol. The lowest BCUT2D eigenvalue weighted by Gasteiger charge is -2.36. The maximum Gasteiger partial charge on any atom is 0.243 e. The van der Waals surface area contributed by atoms with Crippen LogP contribution in [0.3, 0.4) is 0 Å². The van der Waals surface area contributed by atoms with E-state index in [9.17, 15) is 0 Å². The highest BCUT2D eigenvalue weighted by molar-refractivity contribution is 5.85. The predicted molar refractivity (Wildman–Crippen MR) is 83.7 cm³/mol. The van der Waals surface area contributed by atoms with Gasteiger partial charge >= 0.3 is 0 Å². The standard InChI is InChI=1S/C12H23N5O.2ClH/c1-3-11-14-12(18-15-11)10(2)17-8-6-16(5-4-13)7-9-17;;/h10H,3-9,13H2,1-2H3;2*1H. The summed E-state index contributed by atoms with van der Waals surface area (Å²) in [6, 6.07) is 0.206. The zero-order valence-corrected chi connectivity index (χ0v) is 13.8. The quantitative estimate of drug-likeness (QED) is 0.874. The molecule has 0 bridgehead atoms. The smallest absolute Gasteiger partial charge is 0.243 e. The molecule has 2 heterocycles. The topological polar surface area (TPSA) is 71.4 Å². The summed E-state index contributed by atoms with van der Waals surface area (Å²) >= 11 is 0. The van der Waals surface area contributed by atoms with Crippen LogP contribution in [0.5, 0.6) is 0 Å². The van der Waals surface area contributed by atoms with Crippen LogP contribution in [0, 0.1) is 0 Å². The van der Waals surface area contributed by atoms with Crippen molar-refractivity contribution in [1.82, 2.24) is 19.9 Å². The normalized spacial score (nSPS) is 18.1. The van der Waals surface area contributed by atoms with E-state index in [1.165, 1.54) is 0 Å². The lowest BCUT2D eigenvalue weighted by atomic mass is 10.2. The fraction of sp³-hybridized carbons (Fsp3) is 0.833. The molecule has 1 aliphatic heterocycles. The van der Waals surface area contributed by atoms with Gasteiger partial charge in [0.2, 0.25) is 5.89 Å². The summed E-state index contributed by atoms with van der Waals surface area (Å²) in [6.07, 6.45) is 0.820. The highest BCUT2D eigenvalue weighted by Gasteiger charge is 2.25. The second kappa shape index (κ2) is 9.52. The van der Waals surface area contributed by atoms with Gasteiger partial charge in [0.05, 0.1) is 6.04 Å². The molecule has 1 unspecified atom stereocenters. The summed E-state index contributed by atoms with van der Waals surface area (Å²) in [7, 11) is 0. The van der Waals surface area contributed by atoms with E-state index in [-0.39, 0.29) is 30.9 Å². The molecule has 0 aromatic carbocycles. The Balaban J connectivity index is 0.00000180. The Labute approximate surface area is 132 Å². The number of aryl methyl sites for hydroxylation is 1. The second-order valence-corrected chi connectivity index (χ2v) is 4.74. The van der Waals surface area contributed by atoms with Crippen molar-refractivity contribution in [2.24, 2.45) is 5.73 Å². The number of rotatable bonds is 5. The minimum Gasteiger partial charge on any atom is -0.338 e. The second-order valence-electron chi connectivity index (χ2n) is 4.74. The Kier molecular flexibility index (Phi) is 9.33. The van der Waals surface area contributed by atoms with Crippen molar-refractivity contribution < 1.29 is 4.52 Å². The molecule has 0 amide bonds. The zero-order valence-electron chi connectivity index (χ0n) is 12.1. The van der Waals surface area contributed by atoms with Gasteiger partial charge in [-0.25, -0.2) is 0 Å². The molecule has 0 aliphatic carbocycles. The number of halogens is 2. The van der Waals surface area contributed by atoms with Gasteiger partial charge in [-0.3, -0.25) is 9.80 Å². The van der Waals surface area contributed by atoms with Crippen LogP contribution in [0.25, 0.3) is 0 Å². The average Bonchev–Trinajstić information content (AvgIpc) is 2.88. The Morgan fingerprint density at radius 3 is 2.40 bits per heavy atom.